The van der Waals surface area contributed by atoms with Gasteiger partial charge in [-0.15, -0.1) is 0 Å². The molecule has 0 rings (SSSR count). The van der Waals surface area contributed by atoms with Gasteiger partial charge in [-0.25, -0.2) is 0 Å². The molecule has 0 unspecified atom stereocenters. The molecule has 0 saturated carbocycles. The first kappa shape index (κ1) is 41.7. The van der Waals surface area contributed by atoms with Crippen LogP contribution in [0.2, 0.25) is 0 Å². The molecule has 0 fully saturated rings. The average Bonchev–Trinajstić information content (AvgIpc) is 2.50. The maximum absolute atomic E-state index is 2.34. The average molecular weight is 381 g/mol. The first-order chi connectivity index (χ1) is 11.4. The van der Waals surface area contributed by atoms with Crippen molar-refractivity contribution in [3.8, 4) is 0 Å². The minimum absolute atomic E-state index is 0. The Balaban J connectivity index is -0.0000000240. The molecule has 0 aliphatic rings. The van der Waals surface area contributed by atoms with E-state index in [4.69, 9.17) is 0 Å². The van der Waals surface area contributed by atoms with Crippen molar-refractivity contribution in [3.63, 3.8) is 0 Å². The third-order valence-electron chi connectivity index (χ3n) is 4.69. The van der Waals surface area contributed by atoms with Crippen molar-refractivity contribution in [2.75, 3.05) is 0 Å². The molecule has 0 aromatic heterocycles. The summed E-state index contributed by atoms with van der Waals surface area (Å²) < 4.78 is 0. The summed E-state index contributed by atoms with van der Waals surface area (Å²) in [5.74, 6) is 2.89. The SMILES string of the molecule is C.CCCC(C)CCC.CCCC(C)CCC.CCCC(C)CCC.[Be+2].[Be+2].[H-].[H-].[H-].[H-]. The van der Waals surface area contributed by atoms with Gasteiger partial charge in [0, 0.05) is 0 Å². The van der Waals surface area contributed by atoms with Gasteiger partial charge in [-0.3, -0.25) is 0 Å². The maximum Gasteiger partial charge on any atom is 2.00 e. The molecule has 0 amide bonds. The van der Waals surface area contributed by atoms with E-state index >= 15 is 0 Å². The van der Waals surface area contributed by atoms with Gasteiger partial charge in [0.15, 0.2) is 0 Å². The van der Waals surface area contributed by atoms with Gasteiger partial charge < -0.3 is 5.71 Å². The van der Waals surface area contributed by atoms with Crippen LogP contribution in [0.15, 0.2) is 0 Å². The van der Waals surface area contributed by atoms with Gasteiger partial charge in [0.2, 0.25) is 0 Å². The summed E-state index contributed by atoms with van der Waals surface area (Å²) in [6.45, 7) is 20.6. The fourth-order valence-electron chi connectivity index (χ4n) is 3.39. The standard InChI is InChI=1S/3C8H18.CH4.2Be.4H/c3*1-4-6-8(3)7-5-2;;;;;;;/h3*8H,4-7H2,1-3H3;1H4;;;;;;/q;;;;2*+2;4*-1. The van der Waals surface area contributed by atoms with E-state index in [0.717, 1.165) is 17.8 Å². The van der Waals surface area contributed by atoms with Crippen molar-refractivity contribution < 1.29 is 5.71 Å². The van der Waals surface area contributed by atoms with E-state index in [9.17, 15) is 0 Å². The second-order valence-electron chi connectivity index (χ2n) is 8.05. The topological polar surface area (TPSA) is 0 Å². The normalized spacial score (nSPS) is 9.33. The quantitative estimate of drug-likeness (QED) is 0.295. The van der Waals surface area contributed by atoms with Gasteiger partial charge in [-0.2, -0.15) is 0 Å². The second kappa shape index (κ2) is 37.1. The van der Waals surface area contributed by atoms with E-state index in [1.165, 1.54) is 77.0 Å². The molecule has 0 nitrogen and oxygen atoms in total. The van der Waals surface area contributed by atoms with Gasteiger partial charge in [0.1, 0.15) is 0 Å². The maximum atomic E-state index is 2.34. The van der Waals surface area contributed by atoms with E-state index in [1.54, 1.807) is 0 Å². The zero-order chi connectivity index (χ0) is 19.2. The Morgan fingerprint density at radius 3 is 0.593 bits per heavy atom. The first-order valence-corrected chi connectivity index (χ1v) is 11.4. The molecule has 0 aromatic rings. The molecule has 0 aliphatic heterocycles. The van der Waals surface area contributed by atoms with E-state index in [1.807, 2.05) is 0 Å². The Kier molecular flexibility index (Phi) is 57.3. The molecule has 0 atom stereocenters. The van der Waals surface area contributed by atoms with E-state index in [0.29, 0.717) is 0 Å². The minimum Gasteiger partial charge on any atom is -1.00 e. The summed E-state index contributed by atoms with van der Waals surface area (Å²) in [7, 11) is 0. The monoisotopic (exact) mass is 381 g/mol. The summed E-state index contributed by atoms with van der Waals surface area (Å²) in [5, 5.41) is 0. The van der Waals surface area contributed by atoms with Crippen molar-refractivity contribution in [1.82, 2.24) is 0 Å². The van der Waals surface area contributed by atoms with Crippen LogP contribution in [0.25, 0.3) is 0 Å². The predicted molar refractivity (Wildman–Crippen MR) is 140 cm³/mol. The van der Waals surface area contributed by atoms with E-state index < -0.39 is 0 Å². The van der Waals surface area contributed by atoms with Crippen molar-refractivity contribution in [2.45, 2.75) is 147 Å². The molecule has 0 aromatic carbocycles. The van der Waals surface area contributed by atoms with Gasteiger partial charge in [0.05, 0.1) is 0 Å². The molecule has 166 valence electrons. The zero-order valence-electron chi connectivity index (χ0n) is 24.6. The van der Waals surface area contributed by atoms with E-state index in [-0.39, 0.29) is 33.4 Å². The third kappa shape index (κ3) is 46.4. The summed E-state index contributed by atoms with van der Waals surface area (Å²) >= 11 is 0. The molecule has 0 aliphatic carbocycles. The van der Waals surface area contributed by atoms with Crippen molar-refractivity contribution in [3.05, 3.63) is 0 Å². The van der Waals surface area contributed by atoms with Crippen LogP contribution < -0.4 is 0 Å². The second-order valence-corrected chi connectivity index (χ2v) is 8.05. The van der Waals surface area contributed by atoms with Crippen molar-refractivity contribution in [2.24, 2.45) is 17.8 Å². The molecular weight excluding hydrogens is 318 g/mol. The molecular formula is C25H62Be2. The Labute approximate surface area is 190 Å². The molecule has 27 heavy (non-hydrogen) atoms. The molecule has 0 N–H and O–H groups in total. The summed E-state index contributed by atoms with van der Waals surface area (Å²) in [5.41, 5.74) is 0. The van der Waals surface area contributed by atoms with Crippen LogP contribution in [0.3, 0.4) is 0 Å². The van der Waals surface area contributed by atoms with Crippen LogP contribution in [0.1, 0.15) is 152 Å². The van der Waals surface area contributed by atoms with Crippen molar-refractivity contribution >= 4 is 20.2 Å². The number of rotatable bonds is 12. The Morgan fingerprint density at radius 1 is 0.407 bits per heavy atom. The van der Waals surface area contributed by atoms with Crippen LogP contribution in [-0.4, -0.2) is 20.2 Å². The van der Waals surface area contributed by atoms with Gasteiger partial charge in [0.25, 0.3) is 0 Å². The largest absolute Gasteiger partial charge is 2.00 e. The van der Waals surface area contributed by atoms with Crippen LogP contribution in [0, 0.1) is 17.8 Å². The zero-order valence-corrected chi connectivity index (χ0v) is 20.6. The Hall–Kier alpha value is 0.338. The smallest absolute Gasteiger partial charge is 1.00 e. The molecule has 0 radical (unpaired) electrons. The summed E-state index contributed by atoms with van der Waals surface area (Å²) in [4.78, 5) is 0. The van der Waals surface area contributed by atoms with Crippen molar-refractivity contribution in [1.29, 1.82) is 0 Å². The number of hydrogen-bond donors (Lipinski definition) is 0. The number of hydrogen-bond acceptors (Lipinski definition) is 0. The summed E-state index contributed by atoms with van der Waals surface area (Å²) in [6, 6.07) is 0. The first-order valence-electron chi connectivity index (χ1n) is 11.4. The van der Waals surface area contributed by atoms with Gasteiger partial charge in [-0.05, 0) is 17.8 Å². The molecule has 0 heterocycles. The van der Waals surface area contributed by atoms with Crippen LogP contribution in [0.4, 0.5) is 0 Å². The predicted octanol–water partition coefficient (Wildman–Crippen LogP) is 9.99. The van der Waals surface area contributed by atoms with E-state index in [2.05, 4.69) is 62.3 Å². The fourth-order valence-corrected chi connectivity index (χ4v) is 3.39. The molecule has 2 heteroatoms. The third-order valence-corrected chi connectivity index (χ3v) is 4.69. The Morgan fingerprint density at radius 2 is 0.519 bits per heavy atom. The van der Waals surface area contributed by atoms with Gasteiger partial charge >= 0.3 is 20.2 Å². The van der Waals surface area contributed by atoms with Crippen LogP contribution in [-0.2, 0) is 0 Å². The van der Waals surface area contributed by atoms with Crippen LogP contribution >= 0.6 is 0 Å². The molecule has 0 bridgehead atoms. The summed E-state index contributed by atoms with van der Waals surface area (Å²) in [6.07, 6.45) is 16.6. The minimum atomic E-state index is 0. The molecule has 0 saturated heterocycles. The molecule has 0 spiro atoms. The fraction of sp³-hybridized carbons (Fsp3) is 1.00. The Bertz CT molecular complexity index is 161. The van der Waals surface area contributed by atoms with Gasteiger partial charge in [-0.1, -0.05) is 147 Å². The van der Waals surface area contributed by atoms with Crippen LogP contribution in [0.5, 0.6) is 0 Å².